The second-order valence-corrected chi connectivity index (χ2v) is 5.88. The normalized spacial score (nSPS) is 14.3. The number of nitrogens with zero attached hydrogens (tertiary/aromatic N) is 5. The molecule has 1 fully saturated rings. The molecule has 9 nitrogen and oxygen atoms in total. The van der Waals surface area contributed by atoms with Crippen LogP contribution < -0.4 is 10.5 Å². The van der Waals surface area contributed by atoms with Gasteiger partial charge in [-0.2, -0.15) is 0 Å². The number of anilines is 1. The zero-order chi connectivity index (χ0) is 18.1. The number of likely N-dealkylation sites (tertiary alicyclic amines) is 1. The van der Waals surface area contributed by atoms with Gasteiger partial charge in [-0.3, -0.25) is 0 Å². The fourth-order valence-corrected chi connectivity index (χ4v) is 2.86. The van der Waals surface area contributed by atoms with Gasteiger partial charge in [0, 0.05) is 13.1 Å². The fraction of sp³-hybridized carbons (Fsp3) is 0.294. The van der Waals surface area contributed by atoms with Gasteiger partial charge in [0.15, 0.2) is 5.65 Å². The predicted molar refractivity (Wildman–Crippen MR) is 93.9 cm³/mol. The van der Waals surface area contributed by atoms with Crippen molar-refractivity contribution in [2.45, 2.75) is 13.0 Å². The van der Waals surface area contributed by atoms with Crippen LogP contribution in [0.3, 0.4) is 0 Å². The van der Waals surface area contributed by atoms with Gasteiger partial charge in [0.1, 0.15) is 23.3 Å². The molecule has 1 aliphatic heterocycles. The number of benzene rings is 1. The van der Waals surface area contributed by atoms with Crippen molar-refractivity contribution in [1.82, 2.24) is 24.6 Å². The summed E-state index contributed by atoms with van der Waals surface area (Å²) < 4.78 is 12.6. The summed E-state index contributed by atoms with van der Waals surface area (Å²) in [5.41, 5.74) is 6.61. The molecule has 1 saturated heterocycles. The van der Waals surface area contributed by atoms with Gasteiger partial charge < -0.3 is 20.1 Å². The number of carbonyl (C=O) groups excluding carboxylic acids is 1. The second kappa shape index (κ2) is 6.51. The van der Waals surface area contributed by atoms with Crippen LogP contribution >= 0.6 is 0 Å². The maximum absolute atomic E-state index is 11.8. The average Bonchev–Trinajstić information content (AvgIpc) is 2.94. The Bertz CT molecular complexity index is 936. The van der Waals surface area contributed by atoms with Gasteiger partial charge in [0.05, 0.1) is 12.6 Å². The number of fused-ring (bicyclic) bond motifs is 1. The summed E-state index contributed by atoms with van der Waals surface area (Å²) in [6.07, 6.45) is 1.07. The van der Waals surface area contributed by atoms with Gasteiger partial charge in [-0.25, -0.2) is 19.4 Å². The topological polar surface area (TPSA) is 108 Å². The lowest BCUT2D eigenvalue weighted by molar-refractivity contribution is 0.0577. The molecule has 0 radical (unpaired) electrons. The Morgan fingerprint density at radius 2 is 2.04 bits per heavy atom. The smallest absolute Gasteiger partial charge is 0.409 e. The molecule has 1 amide bonds. The zero-order valence-corrected chi connectivity index (χ0v) is 14.2. The SMILES string of the molecule is CCOC(=O)N1CC(n2nc(Oc3ccccc3)c3c(N)ncnc32)C1. The monoisotopic (exact) mass is 354 g/mol. The number of amides is 1. The third-order valence-corrected chi connectivity index (χ3v) is 4.18. The van der Waals surface area contributed by atoms with E-state index in [1.165, 1.54) is 6.33 Å². The largest absolute Gasteiger partial charge is 0.450 e. The van der Waals surface area contributed by atoms with E-state index in [1.807, 2.05) is 30.3 Å². The first-order valence-corrected chi connectivity index (χ1v) is 8.30. The van der Waals surface area contributed by atoms with Crippen LogP contribution in [-0.2, 0) is 4.74 Å². The van der Waals surface area contributed by atoms with Crippen molar-refractivity contribution in [3.05, 3.63) is 36.7 Å². The lowest BCUT2D eigenvalue weighted by Gasteiger charge is -2.38. The number of nitrogens with two attached hydrogens (primary N) is 1. The van der Waals surface area contributed by atoms with Crippen molar-refractivity contribution in [1.29, 1.82) is 0 Å². The van der Waals surface area contributed by atoms with E-state index in [2.05, 4.69) is 15.1 Å². The predicted octanol–water partition coefficient (Wildman–Crippen LogP) is 2.21. The Morgan fingerprint density at radius 3 is 2.77 bits per heavy atom. The highest BCUT2D eigenvalue weighted by Crippen LogP contribution is 2.34. The number of para-hydroxylation sites is 1. The molecule has 4 rings (SSSR count). The van der Waals surface area contributed by atoms with Gasteiger partial charge in [-0.05, 0) is 19.1 Å². The fourth-order valence-electron chi connectivity index (χ4n) is 2.86. The Balaban J connectivity index is 1.64. The first-order chi connectivity index (χ1) is 12.7. The Hall–Kier alpha value is -3.36. The van der Waals surface area contributed by atoms with Gasteiger partial charge in [0.2, 0.25) is 0 Å². The van der Waals surface area contributed by atoms with Crippen LogP contribution in [0.1, 0.15) is 13.0 Å². The summed E-state index contributed by atoms with van der Waals surface area (Å²) in [6, 6.07) is 9.28. The van der Waals surface area contributed by atoms with Gasteiger partial charge >= 0.3 is 6.09 Å². The maximum Gasteiger partial charge on any atom is 0.409 e. The number of ether oxygens (including phenoxy) is 2. The molecule has 2 N–H and O–H groups in total. The van der Waals surface area contributed by atoms with Crippen molar-refractivity contribution in [3.63, 3.8) is 0 Å². The van der Waals surface area contributed by atoms with Crippen LogP contribution in [0.25, 0.3) is 11.0 Å². The van der Waals surface area contributed by atoms with E-state index in [0.29, 0.717) is 48.2 Å². The Labute approximate surface area is 149 Å². The number of aromatic nitrogens is 4. The van der Waals surface area contributed by atoms with E-state index < -0.39 is 0 Å². The molecule has 1 aliphatic rings. The van der Waals surface area contributed by atoms with Crippen molar-refractivity contribution in [2.75, 3.05) is 25.4 Å². The van der Waals surface area contributed by atoms with Gasteiger partial charge in [-0.1, -0.05) is 18.2 Å². The average molecular weight is 354 g/mol. The number of hydrogen-bond donors (Lipinski definition) is 1. The molecule has 134 valence electrons. The lowest BCUT2D eigenvalue weighted by atomic mass is 10.1. The summed E-state index contributed by atoms with van der Waals surface area (Å²) in [5, 5.41) is 5.10. The van der Waals surface area contributed by atoms with Gasteiger partial charge in [-0.15, -0.1) is 5.10 Å². The minimum absolute atomic E-state index is 0.0238. The summed E-state index contributed by atoms with van der Waals surface area (Å²) in [5.74, 6) is 1.29. The van der Waals surface area contributed by atoms with Crippen LogP contribution in [0.4, 0.5) is 10.6 Å². The highest BCUT2D eigenvalue weighted by Gasteiger charge is 2.35. The standard InChI is InChI=1S/C17H18N6O3/c1-2-25-17(24)22-8-11(9-22)23-15-13(14(18)19-10-20-15)16(21-23)26-12-6-4-3-5-7-12/h3-7,10-11H,2,8-9H2,1H3,(H2,18,19,20). The van der Waals surface area contributed by atoms with Crippen molar-refractivity contribution >= 4 is 22.9 Å². The maximum atomic E-state index is 11.8. The van der Waals surface area contributed by atoms with E-state index in [0.717, 1.165) is 0 Å². The van der Waals surface area contributed by atoms with E-state index >= 15 is 0 Å². The van der Waals surface area contributed by atoms with Crippen LogP contribution in [0.2, 0.25) is 0 Å². The highest BCUT2D eigenvalue weighted by atomic mass is 16.6. The third-order valence-electron chi connectivity index (χ3n) is 4.18. The number of rotatable bonds is 4. The summed E-state index contributed by atoms with van der Waals surface area (Å²) in [4.78, 5) is 21.7. The summed E-state index contributed by atoms with van der Waals surface area (Å²) >= 11 is 0. The van der Waals surface area contributed by atoms with E-state index in [1.54, 1.807) is 16.5 Å². The molecule has 1 aromatic carbocycles. The van der Waals surface area contributed by atoms with Crippen LogP contribution in [0, 0.1) is 0 Å². The summed E-state index contributed by atoms with van der Waals surface area (Å²) in [6.45, 7) is 3.11. The summed E-state index contributed by atoms with van der Waals surface area (Å²) in [7, 11) is 0. The molecule has 0 saturated carbocycles. The number of nitrogen functional groups attached to an aromatic ring is 1. The molecule has 0 unspecified atom stereocenters. The van der Waals surface area contributed by atoms with E-state index in [4.69, 9.17) is 15.2 Å². The minimum Gasteiger partial charge on any atom is -0.450 e. The Kier molecular flexibility index (Phi) is 4.04. The quantitative estimate of drug-likeness (QED) is 0.765. The minimum atomic E-state index is -0.324. The second-order valence-electron chi connectivity index (χ2n) is 5.88. The van der Waals surface area contributed by atoms with Gasteiger partial charge in [0.25, 0.3) is 5.88 Å². The molecule has 3 heterocycles. The molecular formula is C17H18N6O3. The molecule has 9 heteroatoms. The number of carbonyl (C=O) groups is 1. The van der Waals surface area contributed by atoms with Crippen LogP contribution in [0.5, 0.6) is 11.6 Å². The van der Waals surface area contributed by atoms with Crippen molar-refractivity contribution in [2.24, 2.45) is 0 Å². The van der Waals surface area contributed by atoms with Crippen LogP contribution in [-0.4, -0.2) is 50.4 Å². The molecular weight excluding hydrogens is 336 g/mol. The molecule has 2 aromatic heterocycles. The Morgan fingerprint density at radius 1 is 1.27 bits per heavy atom. The molecule has 26 heavy (non-hydrogen) atoms. The van der Waals surface area contributed by atoms with Crippen molar-refractivity contribution < 1.29 is 14.3 Å². The lowest BCUT2D eigenvalue weighted by Crippen LogP contribution is -2.51. The highest BCUT2D eigenvalue weighted by molar-refractivity contribution is 5.91. The molecule has 3 aromatic rings. The first kappa shape index (κ1) is 16.1. The van der Waals surface area contributed by atoms with Crippen LogP contribution in [0.15, 0.2) is 36.7 Å². The third kappa shape index (κ3) is 2.77. The number of hydrogen-bond acceptors (Lipinski definition) is 7. The molecule has 0 aliphatic carbocycles. The van der Waals surface area contributed by atoms with E-state index in [-0.39, 0.29) is 12.1 Å². The first-order valence-electron chi connectivity index (χ1n) is 8.30. The molecule has 0 bridgehead atoms. The zero-order valence-electron chi connectivity index (χ0n) is 14.2. The molecule has 0 atom stereocenters. The van der Waals surface area contributed by atoms with E-state index in [9.17, 15) is 4.79 Å². The van der Waals surface area contributed by atoms with Crippen molar-refractivity contribution in [3.8, 4) is 11.6 Å². The molecule has 0 spiro atoms.